The minimum atomic E-state index is -0.709. The first-order valence-electron chi connectivity index (χ1n) is 42.5. The minimum Gasteiger partial charge on any atom is -0.497 e. The van der Waals surface area contributed by atoms with Crippen molar-refractivity contribution in [1.29, 1.82) is 0 Å². The zero-order valence-electron chi connectivity index (χ0n) is 69.6. The third-order valence-electron chi connectivity index (χ3n) is 25.2. The van der Waals surface area contributed by atoms with Crippen LogP contribution in [0.25, 0.3) is 0 Å². The molecule has 0 heterocycles. The molecule has 7 fully saturated rings. The van der Waals surface area contributed by atoms with Gasteiger partial charge in [-0.1, -0.05) is 267 Å². The number of ether oxygens (including phenoxy) is 1. The molecular weight excluding hydrogens is 1390 g/mol. The van der Waals surface area contributed by atoms with Crippen LogP contribution in [0.5, 0.6) is 5.75 Å². The Balaban J connectivity index is 0.000000164. The summed E-state index contributed by atoms with van der Waals surface area (Å²) in [6.45, 7) is 13.3. The lowest BCUT2D eigenvalue weighted by Gasteiger charge is -2.43. The predicted molar refractivity (Wildman–Crippen MR) is 458 cm³/mol. The molecular formula is C98H135N7O7. The van der Waals surface area contributed by atoms with Crippen LogP contribution < -0.4 is 37.1 Å². The fourth-order valence-corrected chi connectivity index (χ4v) is 18.8. The number of likely N-dealkylation sites (N-methyl/N-ethyl adjacent to an activating group) is 4. The molecule has 0 radical (unpaired) electrons. The van der Waals surface area contributed by atoms with Crippen LogP contribution in [-0.2, 0) is 67.5 Å². The fraction of sp³-hybridized carbons (Fsp3) is 0.510. The molecule has 0 spiro atoms. The number of nitrogens with one attached hydrogen (secondary N) is 5. The summed E-state index contributed by atoms with van der Waals surface area (Å²) in [5.74, 6) is 3.50. The Morgan fingerprint density at radius 3 is 1.18 bits per heavy atom. The number of ketones is 6. The number of aryl methyl sites for hydroxylation is 1. The van der Waals surface area contributed by atoms with Crippen LogP contribution in [0.4, 0.5) is 0 Å². The highest BCUT2D eigenvalue weighted by Gasteiger charge is 2.46. The number of rotatable bonds is 18. The summed E-state index contributed by atoms with van der Waals surface area (Å²) < 4.78 is 5.17. The van der Waals surface area contributed by atoms with E-state index in [0.717, 1.165) is 181 Å². The van der Waals surface area contributed by atoms with Crippen molar-refractivity contribution in [3.05, 3.63) is 245 Å². The van der Waals surface area contributed by atoms with Gasteiger partial charge in [0.2, 0.25) is 0 Å². The number of benzene rings is 7. The maximum Gasteiger partial charge on any atom is 0.157 e. The van der Waals surface area contributed by atoms with Gasteiger partial charge in [-0.05, 0) is 214 Å². The molecule has 14 rings (SSSR count). The van der Waals surface area contributed by atoms with Crippen LogP contribution in [0.3, 0.4) is 0 Å². The fourth-order valence-electron chi connectivity index (χ4n) is 18.8. The van der Waals surface area contributed by atoms with Gasteiger partial charge in [-0.15, -0.1) is 0 Å². The Kier molecular flexibility index (Phi) is 35.3. The van der Waals surface area contributed by atoms with Gasteiger partial charge in [-0.25, -0.2) is 0 Å². The van der Waals surface area contributed by atoms with Crippen LogP contribution >= 0.6 is 0 Å². The molecule has 1 unspecified atom stereocenters. The lowest BCUT2D eigenvalue weighted by molar-refractivity contribution is -0.133. The molecule has 0 bridgehead atoms. The Bertz CT molecular complexity index is 4010. The molecule has 14 nitrogen and oxygen atoms in total. The zero-order valence-corrected chi connectivity index (χ0v) is 69.6. The molecule has 7 saturated carbocycles. The van der Waals surface area contributed by atoms with Gasteiger partial charge in [0.15, 0.2) is 34.7 Å². The van der Waals surface area contributed by atoms with E-state index in [0.29, 0.717) is 67.4 Å². The van der Waals surface area contributed by atoms with Crippen molar-refractivity contribution in [3.63, 3.8) is 0 Å². The molecule has 7 aliphatic carbocycles. The normalized spacial score (nSPS) is 26.4. The number of nitrogens with two attached hydrogens (primary N) is 1. The number of carbonyl (C=O) groups is 6. The average Bonchev–Trinajstić information content (AvgIpc) is 0.710. The molecule has 7 aromatic carbocycles. The molecule has 14 heteroatoms. The molecule has 0 aromatic heterocycles. The lowest BCUT2D eigenvalue weighted by Crippen LogP contribution is -2.51. The van der Waals surface area contributed by atoms with Gasteiger partial charge in [0.1, 0.15) is 39.0 Å². The van der Waals surface area contributed by atoms with Crippen LogP contribution in [-0.4, -0.2) is 94.5 Å². The van der Waals surface area contributed by atoms with Crippen molar-refractivity contribution in [3.8, 4) is 5.75 Å². The van der Waals surface area contributed by atoms with E-state index < -0.39 is 27.7 Å². The van der Waals surface area contributed by atoms with Crippen molar-refractivity contribution in [2.75, 3.05) is 54.9 Å². The summed E-state index contributed by atoms with van der Waals surface area (Å²) in [7, 11) is 9.66. The number of nitrogens with zero attached hydrogens (tertiary/aromatic N) is 1. The lowest BCUT2D eigenvalue weighted by atomic mass is 9.70. The maximum absolute atomic E-state index is 12.4. The van der Waals surface area contributed by atoms with E-state index in [4.69, 9.17) is 10.5 Å². The summed E-state index contributed by atoms with van der Waals surface area (Å²) in [6.07, 6.45) is 28.8. The van der Waals surface area contributed by atoms with E-state index in [1.807, 2.05) is 162 Å². The van der Waals surface area contributed by atoms with E-state index in [-0.39, 0.29) is 16.9 Å². The van der Waals surface area contributed by atoms with Crippen molar-refractivity contribution < 1.29 is 33.5 Å². The molecule has 604 valence electrons. The van der Waals surface area contributed by atoms with Gasteiger partial charge in [0.05, 0.1) is 7.11 Å². The quantitative estimate of drug-likeness (QED) is 0.0474. The highest BCUT2D eigenvalue weighted by atomic mass is 16.5. The van der Waals surface area contributed by atoms with Crippen molar-refractivity contribution in [2.45, 2.75) is 260 Å². The van der Waals surface area contributed by atoms with Crippen LogP contribution in [0.1, 0.15) is 258 Å². The second kappa shape index (κ2) is 44.1. The average molecular weight is 1520 g/mol. The Hall–Kier alpha value is -7.92. The van der Waals surface area contributed by atoms with E-state index in [1.165, 1.54) is 42.4 Å². The standard InChI is InChI=1S/C15H21NO2.2C15H21NO.C14H19NO.C14H21N.C13H17NO.C12H15NO/c1-3-16-15(11-5-4-6-14(15)17)12-7-9-13(18-2)10-8-12;1-3-16-15(11-7-6-10-14(15)17)13-9-5-4-8-12(13)2;1-2-12-16-15(11-7-6-10-14(15)17)13-8-4-3-5-9-13;1-15(2)14(11-7-6-10-13(14)16)12-8-4-3-5-9-12;1-12-8-6-7-11-14(12,15-2)13-9-4-3-5-10-13;1-14-13(10-6-5-9-12(13)15)11-7-3-2-4-8-11;13-12(9-5-4-8-11(12)14)10-6-2-1-3-7-10/h7-10,16H,3-6,11H2,1-2H3;4-5,8-9,16H,3,6-7,10-11H2,1-2H3;3-5,8-9,16H,2,6-7,10-12H2,1H3;3-5,8-9H,6-7,10-11H2,1-2H3;3-5,9-10,12,15H,6-8,11H2,1-2H3;2-4,7-8,14H,5-6,9-10H2,1H3;1-3,6-7H,4-5,8-9,13H2/t3*15-;14-;12?,14-;13-;12-/m1111011/s1. The third-order valence-corrected chi connectivity index (χ3v) is 25.2. The molecule has 8 atom stereocenters. The largest absolute Gasteiger partial charge is 0.497 e. The molecule has 7 aliphatic rings. The van der Waals surface area contributed by atoms with Crippen molar-refractivity contribution >= 4 is 34.7 Å². The number of Topliss-reactive ketones (excluding diaryl/α,β-unsaturated/α-hetero) is 6. The Morgan fingerprint density at radius 2 is 0.759 bits per heavy atom. The van der Waals surface area contributed by atoms with E-state index in [1.54, 1.807) is 7.11 Å². The van der Waals surface area contributed by atoms with Crippen molar-refractivity contribution in [2.24, 2.45) is 11.7 Å². The summed E-state index contributed by atoms with van der Waals surface area (Å²) in [5, 5.41) is 17.2. The molecule has 0 aliphatic heterocycles. The number of methoxy groups -OCH3 is 1. The smallest absolute Gasteiger partial charge is 0.157 e. The molecule has 112 heavy (non-hydrogen) atoms. The second-order valence-corrected chi connectivity index (χ2v) is 32.1. The minimum absolute atomic E-state index is 0.190. The van der Waals surface area contributed by atoms with Gasteiger partial charge in [-0.3, -0.25) is 33.7 Å². The monoisotopic (exact) mass is 1520 g/mol. The van der Waals surface area contributed by atoms with Gasteiger partial charge < -0.3 is 37.1 Å². The topological polar surface area (TPSA) is 201 Å². The zero-order chi connectivity index (χ0) is 80.5. The Labute approximate surface area is 672 Å². The van der Waals surface area contributed by atoms with Crippen LogP contribution in [0.15, 0.2) is 200 Å². The highest BCUT2D eigenvalue weighted by Crippen LogP contribution is 2.44. The first-order valence-corrected chi connectivity index (χ1v) is 42.5. The first kappa shape index (κ1) is 89.6. The van der Waals surface area contributed by atoms with Gasteiger partial charge in [-0.2, -0.15) is 0 Å². The van der Waals surface area contributed by atoms with Gasteiger partial charge in [0, 0.05) is 44.1 Å². The van der Waals surface area contributed by atoms with E-state index in [9.17, 15) is 28.8 Å². The van der Waals surface area contributed by atoms with E-state index in [2.05, 4.69) is 133 Å². The first-order chi connectivity index (χ1) is 54.2. The van der Waals surface area contributed by atoms with Crippen LogP contribution in [0.2, 0.25) is 0 Å². The molecule has 0 amide bonds. The van der Waals surface area contributed by atoms with Gasteiger partial charge >= 0.3 is 0 Å². The highest BCUT2D eigenvalue weighted by molar-refractivity contribution is 5.93. The van der Waals surface area contributed by atoms with Crippen molar-refractivity contribution in [1.82, 2.24) is 31.5 Å². The predicted octanol–water partition coefficient (Wildman–Crippen LogP) is 18.7. The molecule has 7 aromatic rings. The second-order valence-electron chi connectivity index (χ2n) is 32.1. The number of carbonyl (C=O) groups excluding carboxylic acids is 6. The Morgan fingerprint density at radius 1 is 0.384 bits per heavy atom. The SMILES string of the molecule is CCCN[C@@]1(c2ccccc2)CCCCC1=O.CCN[C@@]1(c2ccc(OC)cc2)CCCCC1=O.CCN[C@@]1(c2ccccc2C)CCCCC1=O.CN(C)[C@@]1(c2ccccc2)CCCCC1=O.CN[C@@]1(c2ccccc2)CCCCC1=O.CN[C@@]1(c2ccccc2)CCCCC1C.N[C@@]1(c2ccccc2)CCCCC1=O. The maximum atomic E-state index is 12.4. The molecule has 0 saturated heterocycles. The summed E-state index contributed by atoms with van der Waals surface area (Å²) in [5.41, 5.74) is 12.9. The summed E-state index contributed by atoms with van der Waals surface area (Å²) >= 11 is 0. The summed E-state index contributed by atoms with van der Waals surface area (Å²) in [4.78, 5) is 75.4. The van der Waals surface area contributed by atoms with Gasteiger partial charge in [0.25, 0.3) is 0 Å². The van der Waals surface area contributed by atoms with E-state index >= 15 is 0 Å². The third kappa shape index (κ3) is 21.5. The summed E-state index contributed by atoms with van der Waals surface area (Å²) in [6, 6.07) is 67.2. The number of hydrogen-bond donors (Lipinski definition) is 6. The molecule has 7 N–H and O–H groups in total. The van der Waals surface area contributed by atoms with Crippen LogP contribution in [0, 0.1) is 12.8 Å². The number of hydrogen-bond acceptors (Lipinski definition) is 14.